The lowest BCUT2D eigenvalue weighted by Gasteiger charge is -2.26. The average Bonchev–Trinajstić information content (AvgIpc) is 4.16. The van der Waals surface area contributed by atoms with Gasteiger partial charge in [0.15, 0.2) is 0 Å². The molecule has 0 unspecified atom stereocenters. The number of primary amides is 1. The van der Waals surface area contributed by atoms with Crippen molar-refractivity contribution in [2.75, 3.05) is 27.3 Å². The van der Waals surface area contributed by atoms with E-state index in [1.807, 2.05) is 64.1 Å². The molecule has 2 aromatic carbocycles. The van der Waals surface area contributed by atoms with Crippen LogP contribution in [0.1, 0.15) is 113 Å². The number of hydrogen-bond acceptors (Lipinski definition) is 10. The van der Waals surface area contributed by atoms with Crippen molar-refractivity contribution < 1.29 is 43.0 Å². The molecular weight excluding hydrogens is 857 g/mol. The Kier molecular flexibility index (Phi) is 14.1. The molecule has 2 aromatic heterocycles. The van der Waals surface area contributed by atoms with E-state index in [0.29, 0.717) is 74.5 Å². The summed E-state index contributed by atoms with van der Waals surface area (Å²) in [6.07, 6.45) is 5.60. The summed E-state index contributed by atoms with van der Waals surface area (Å²) in [5, 5.41) is 16.7. The second kappa shape index (κ2) is 19.6. The minimum absolute atomic E-state index is 0.105. The maximum absolute atomic E-state index is 13.5. The number of methoxy groups -OCH3 is 2. The van der Waals surface area contributed by atoms with Crippen molar-refractivity contribution >= 4 is 62.9 Å². The first-order valence-corrected chi connectivity index (χ1v) is 23.1. The molecule has 356 valence electrons. The summed E-state index contributed by atoms with van der Waals surface area (Å²) in [5.41, 5.74) is 7.31. The third-order valence-electron chi connectivity index (χ3n) is 13.8. The summed E-state index contributed by atoms with van der Waals surface area (Å²) in [5.74, 6) is -0.875. The zero-order chi connectivity index (χ0) is 48.4. The van der Waals surface area contributed by atoms with Crippen molar-refractivity contribution in [2.45, 2.75) is 116 Å². The highest BCUT2D eigenvalue weighted by atomic mass is 16.5. The van der Waals surface area contributed by atoms with E-state index in [9.17, 15) is 38.8 Å². The molecule has 17 heteroatoms. The van der Waals surface area contributed by atoms with Crippen LogP contribution in [0.3, 0.4) is 0 Å². The van der Waals surface area contributed by atoms with Crippen LogP contribution in [-0.2, 0) is 24.0 Å². The molecule has 4 aliphatic rings. The molecule has 5 amide bonds. The van der Waals surface area contributed by atoms with Crippen molar-refractivity contribution in [1.82, 2.24) is 30.4 Å². The van der Waals surface area contributed by atoms with Crippen LogP contribution >= 0.6 is 0 Å². The van der Waals surface area contributed by atoms with Gasteiger partial charge in [-0.25, -0.2) is 0 Å². The third kappa shape index (κ3) is 10.6. The summed E-state index contributed by atoms with van der Waals surface area (Å²) >= 11 is 0. The van der Waals surface area contributed by atoms with Crippen LogP contribution < -0.4 is 25.8 Å². The number of amides is 5. The summed E-state index contributed by atoms with van der Waals surface area (Å²) in [6.45, 7) is 8.85. The molecule has 17 nitrogen and oxygen atoms in total. The number of aromatic nitrogens is 2. The lowest BCUT2D eigenvalue weighted by atomic mass is 9.90. The lowest BCUT2D eigenvalue weighted by Crippen LogP contribution is -2.53. The molecule has 0 radical (unpaired) electrons. The molecule has 67 heavy (non-hydrogen) atoms. The van der Waals surface area contributed by atoms with E-state index in [1.54, 1.807) is 36.2 Å². The molecule has 4 fully saturated rings. The number of fused-ring (bicyclic) bond motifs is 2. The van der Waals surface area contributed by atoms with Crippen molar-refractivity contribution in [3.05, 3.63) is 59.9 Å². The number of nitrogens with zero attached hydrogens (tertiary/aromatic N) is 3. The number of hydrogen-bond donors (Lipinski definition) is 5. The molecule has 0 spiro atoms. The van der Waals surface area contributed by atoms with E-state index < -0.39 is 36.0 Å². The molecule has 2 saturated carbocycles. The third-order valence-corrected chi connectivity index (χ3v) is 13.8. The molecule has 6 atom stereocenters. The maximum Gasteiger partial charge on any atom is 0.271 e. The van der Waals surface area contributed by atoms with Gasteiger partial charge in [-0.2, -0.15) is 5.26 Å². The van der Waals surface area contributed by atoms with Gasteiger partial charge in [0.1, 0.15) is 58.6 Å². The van der Waals surface area contributed by atoms with Crippen molar-refractivity contribution in [2.24, 2.45) is 28.4 Å². The lowest BCUT2D eigenvalue weighted by molar-refractivity contribution is -0.130. The highest BCUT2D eigenvalue weighted by Crippen LogP contribution is 2.38. The molecule has 4 heterocycles. The number of benzene rings is 2. The van der Waals surface area contributed by atoms with Gasteiger partial charge < -0.3 is 45.6 Å². The second-order valence-corrected chi connectivity index (χ2v) is 20.1. The van der Waals surface area contributed by atoms with E-state index in [0.717, 1.165) is 41.1 Å². The monoisotopic (exact) mass is 918 g/mol. The molecule has 0 bridgehead atoms. The first-order valence-electron chi connectivity index (χ1n) is 23.1. The Bertz CT molecular complexity index is 2620. The molecule has 2 aliphatic carbocycles. The minimum Gasteiger partial charge on any atom is -0.496 e. The van der Waals surface area contributed by atoms with E-state index in [-0.39, 0.29) is 58.4 Å². The number of rotatable bonds is 13. The van der Waals surface area contributed by atoms with Crippen LogP contribution in [0, 0.1) is 34.0 Å². The highest BCUT2D eigenvalue weighted by Gasteiger charge is 2.46. The van der Waals surface area contributed by atoms with Crippen molar-refractivity contribution in [3.8, 4) is 17.6 Å². The molecular formula is C50H62N8O9. The Morgan fingerprint density at radius 1 is 0.746 bits per heavy atom. The van der Waals surface area contributed by atoms with E-state index in [1.165, 1.54) is 0 Å². The Morgan fingerprint density at radius 3 is 1.60 bits per heavy atom. The van der Waals surface area contributed by atoms with E-state index in [4.69, 9.17) is 15.2 Å². The molecule has 6 N–H and O–H groups in total. The highest BCUT2D eigenvalue weighted by molar-refractivity contribution is 6.03. The predicted molar refractivity (Wildman–Crippen MR) is 249 cm³/mol. The Hall–Kier alpha value is -6.70. The van der Waals surface area contributed by atoms with E-state index >= 15 is 0 Å². The van der Waals surface area contributed by atoms with Crippen LogP contribution in [0.5, 0.6) is 11.5 Å². The smallest absolute Gasteiger partial charge is 0.271 e. The quantitative estimate of drug-likeness (QED) is 0.115. The summed E-state index contributed by atoms with van der Waals surface area (Å²) < 4.78 is 10.8. The number of nitrogens with two attached hydrogens (primary N) is 1. The second-order valence-electron chi connectivity index (χ2n) is 20.1. The fraction of sp³-hybridized carbons (Fsp3) is 0.520. The van der Waals surface area contributed by atoms with Crippen LogP contribution in [0.2, 0.25) is 0 Å². The average molecular weight is 919 g/mol. The van der Waals surface area contributed by atoms with Gasteiger partial charge in [0.2, 0.25) is 17.7 Å². The topological polar surface area (TPSA) is 250 Å². The van der Waals surface area contributed by atoms with E-state index in [2.05, 4.69) is 26.7 Å². The molecule has 2 aliphatic heterocycles. The summed E-state index contributed by atoms with van der Waals surface area (Å²) in [6, 6.07) is 13.5. The van der Waals surface area contributed by atoms with Gasteiger partial charge >= 0.3 is 0 Å². The number of carbonyl (C=O) groups excluding carboxylic acids is 7. The van der Waals surface area contributed by atoms with Crippen LogP contribution in [-0.4, -0.2) is 112 Å². The Morgan fingerprint density at radius 2 is 1.19 bits per heavy atom. The number of Topliss-reactive ketones (excluding diaryl/α,β-unsaturated/α-hetero) is 2. The largest absolute Gasteiger partial charge is 0.496 e. The Labute approximate surface area is 389 Å². The van der Waals surface area contributed by atoms with Gasteiger partial charge in [0, 0.05) is 59.6 Å². The zero-order valence-electron chi connectivity index (χ0n) is 39.2. The maximum atomic E-state index is 13.5. The zero-order valence-corrected chi connectivity index (χ0v) is 39.2. The summed E-state index contributed by atoms with van der Waals surface area (Å²) in [4.78, 5) is 99.0. The van der Waals surface area contributed by atoms with Gasteiger partial charge in [0.25, 0.3) is 11.8 Å². The number of H-pyrrole nitrogens is 2. The van der Waals surface area contributed by atoms with Gasteiger partial charge in [0.05, 0.1) is 20.3 Å². The number of carbonyl (C=O) groups is 7. The normalized spacial score (nSPS) is 22.8. The Balaban J connectivity index is 0.000000199. The van der Waals surface area contributed by atoms with Gasteiger partial charge in [-0.15, -0.1) is 0 Å². The van der Waals surface area contributed by atoms with Gasteiger partial charge in [-0.3, -0.25) is 33.6 Å². The number of ether oxygens (including phenoxy) is 2. The number of likely N-dealkylation sites (tertiary alicyclic amines) is 2. The summed E-state index contributed by atoms with van der Waals surface area (Å²) in [7, 11) is 3.15. The first-order chi connectivity index (χ1) is 31.8. The molecule has 4 aromatic rings. The van der Waals surface area contributed by atoms with Gasteiger partial charge in [-0.1, -0.05) is 39.8 Å². The SMILES string of the molecule is COc1cccc2[nH]c(C(=O)N3CC(C)(C)C[C@H]3C(=O)N[C@@H](C[C@@H]3CCCC3=O)C(N)=O)cc12.COc1cccc2[nH]c(C(=O)N3CC(C)(C)C[C@H]3C(=O)N[C@H](C#N)C[C@@H]3CCCC3=O)cc12. The van der Waals surface area contributed by atoms with Crippen molar-refractivity contribution in [1.29, 1.82) is 5.26 Å². The molecule has 8 rings (SSSR count). The van der Waals surface area contributed by atoms with Crippen molar-refractivity contribution in [3.63, 3.8) is 0 Å². The van der Waals surface area contributed by atoms with Crippen LogP contribution in [0.15, 0.2) is 48.5 Å². The van der Waals surface area contributed by atoms with Crippen LogP contribution in [0.4, 0.5) is 0 Å². The standard InChI is InChI=1S/C25H32N4O5.C25H30N4O4/c1-25(2)12-19(23(32)28-17(22(26)31)10-14-6-4-8-20(14)30)29(13-25)24(33)18-11-15-16(27-18)7-5-9-21(15)34-3;1-25(2)12-20(23(31)27-16(13-26)10-15-6-4-8-21(15)30)29(14-25)24(32)19-11-17-18(28-19)7-5-9-22(17)33-3/h5,7,9,11,14,17,19,27H,4,6,8,10,12-13H2,1-3H3,(H2,26,31)(H,28,32);5,7,9,11,15-16,20,28H,4,6,8,10,12,14H2,1-3H3,(H,27,31)/t14-,17-,19-;15-,16-,20-/m00/s1. The number of nitrogens with one attached hydrogen (secondary N) is 4. The number of ketones is 2. The number of nitriles is 1. The van der Waals surface area contributed by atoms with Gasteiger partial charge in [-0.05, 0) is 98.6 Å². The fourth-order valence-corrected chi connectivity index (χ4v) is 10.4. The predicted octanol–water partition coefficient (Wildman–Crippen LogP) is 5.33. The minimum atomic E-state index is -0.947. The van der Waals surface area contributed by atoms with Crippen LogP contribution in [0.25, 0.3) is 21.8 Å². The number of aromatic amines is 2. The fourth-order valence-electron chi connectivity index (χ4n) is 10.4. The first kappa shape index (κ1) is 48.2. The molecule has 2 saturated heterocycles.